The van der Waals surface area contributed by atoms with Crippen molar-refractivity contribution in [3.8, 4) is 11.3 Å². The Labute approximate surface area is 212 Å². The van der Waals surface area contributed by atoms with Crippen LogP contribution in [-0.4, -0.2) is 37.1 Å². The zero-order chi connectivity index (χ0) is 25.5. The van der Waals surface area contributed by atoms with Gasteiger partial charge in [0.15, 0.2) is 4.96 Å². The summed E-state index contributed by atoms with van der Waals surface area (Å²) < 4.78 is 41.8. The summed E-state index contributed by atoms with van der Waals surface area (Å²) in [6.45, 7) is 4.52. The second-order valence-corrected chi connectivity index (χ2v) is 10.3. The number of hydrogen-bond acceptors (Lipinski definition) is 7. The van der Waals surface area contributed by atoms with Crippen LogP contribution in [0.3, 0.4) is 0 Å². The van der Waals surface area contributed by atoms with Crippen molar-refractivity contribution in [1.82, 2.24) is 19.4 Å². The number of fused-ring (bicyclic) bond motifs is 1. The smallest absolute Gasteiger partial charge is 0.240 e. The van der Waals surface area contributed by atoms with Crippen LogP contribution >= 0.6 is 11.3 Å². The van der Waals surface area contributed by atoms with Crippen molar-refractivity contribution in [2.24, 2.45) is 10.7 Å². The number of sulfonamides is 1. The van der Waals surface area contributed by atoms with E-state index in [0.717, 1.165) is 34.0 Å². The molecule has 186 valence electrons. The maximum absolute atomic E-state index is 13.0. The molecule has 0 bridgehead atoms. The molecule has 0 aliphatic heterocycles. The molecule has 4 rings (SSSR count). The average molecular weight is 525 g/mol. The molecule has 0 spiro atoms. The van der Waals surface area contributed by atoms with E-state index in [9.17, 15) is 12.8 Å². The van der Waals surface area contributed by atoms with Crippen molar-refractivity contribution in [3.63, 3.8) is 0 Å². The van der Waals surface area contributed by atoms with Crippen molar-refractivity contribution in [2.45, 2.75) is 11.3 Å². The van der Waals surface area contributed by atoms with Crippen LogP contribution in [0.4, 0.5) is 4.39 Å². The van der Waals surface area contributed by atoms with Gasteiger partial charge in [0.25, 0.3) is 0 Å². The van der Waals surface area contributed by atoms with Crippen LogP contribution in [0.2, 0.25) is 0 Å². The molecule has 4 N–H and O–H groups in total. The van der Waals surface area contributed by atoms with Gasteiger partial charge in [0.2, 0.25) is 10.0 Å². The molecular formula is C25H25FN6O2S2. The Morgan fingerprint density at radius 1 is 1.17 bits per heavy atom. The predicted octanol–water partition coefficient (Wildman–Crippen LogP) is 4.00. The summed E-state index contributed by atoms with van der Waals surface area (Å²) in [5, 5.41) is 4.98. The minimum absolute atomic E-state index is 0.0172. The summed E-state index contributed by atoms with van der Waals surface area (Å²) >= 11 is 1.53. The van der Waals surface area contributed by atoms with E-state index in [1.165, 1.54) is 23.5 Å². The Hall–Kier alpha value is -3.80. The lowest BCUT2D eigenvalue weighted by Gasteiger charge is -2.08. The zero-order valence-corrected chi connectivity index (χ0v) is 20.9. The number of rotatable bonds is 11. The maximum Gasteiger partial charge on any atom is 0.240 e. The van der Waals surface area contributed by atoms with Crippen molar-refractivity contribution in [2.75, 3.05) is 13.1 Å². The second kappa shape index (κ2) is 11.3. The lowest BCUT2D eigenvalue weighted by Crippen LogP contribution is -2.27. The second-order valence-electron chi connectivity index (χ2n) is 7.71. The number of aromatic nitrogens is 2. The molecule has 0 fully saturated rings. The lowest BCUT2D eigenvalue weighted by molar-refractivity contribution is 0.576. The molecule has 8 nitrogen and oxygen atoms in total. The van der Waals surface area contributed by atoms with Crippen LogP contribution < -0.4 is 15.8 Å². The number of nitrogens with two attached hydrogens (primary N) is 1. The molecule has 2 aromatic heterocycles. The number of nitrogens with zero attached hydrogens (tertiary/aromatic N) is 3. The van der Waals surface area contributed by atoms with Gasteiger partial charge in [-0.3, -0.25) is 4.40 Å². The van der Waals surface area contributed by atoms with Crippen molar-refractivity contribution in [3.05, 3.63) is 96.2 Å². The predicted molar refractivity (Wildman–Crippen MR) is 143 cm³/mol. The van der Waals surface area contributed by atoms with Gasteiger partial charge in [0.1, 0.15) is 11.6 Å². The monoisotopic (exact) mass is 524 g/mol. The third-order valence-corrected chi connectivity index (χ3v) is 7.40. The molecule has 36 heavy (non-hydrogen) atoms. The fourth-order valence-corrected chi connectivity index (χ4v) is 5.20. The van der Waals surface area contributed by atoms with Crippen LogP contribution in [0.5, 0.6) is 0 Å². The Morgan fingerprint density at radius 2 is 1.92 bits per heavy atom. The number of allylic oxidation sites excluding steroid dienone is 1. The SMILES string of the molecule is C=C(/N=C\C=C(/N)c1c(-c2ccccc2)nc2sccn12)NCCCNS(=O)(=O)c1ccc(F)cc1. The molecule has 0 saturated heterocycles. The number of hydrogen-bond donors (Lipinski definition) is 3. The first-order valence-electron chi connectivity index (χ1n) is 11.0. The molecule has 0 aliphatic rings. The zero-order valence-electron chi connectivity index (χ0n) is 19.3. The number of thiazole rings is 1. The van der Waals surface area contributed by atoms with Crippen molar-refractivity contribution < 1.29 is 12.8 Å². The van der Waals surface area contributed by atoms with Gasteiger partial charge in [0, 0.05) is 36.4 Å². The minimum Gasteiger partial charge on any atom is -0.397 e. The highest BCUT2D eigenvalue weighted by Crippen LogP contribution is 2.29. The third-order valence-electron chi connectivity index (χ3n) is 5.17. The number of aliphatic imine (C=N–C) groups is 1. The summed E-state index contributed by atoms with van der Waals surface area (Å²) in [4.78, 5) is 9.85. The first-order valence-corrected chi connectivity index (χ1v) is 13.4. The number of imidazole rings is 1. The highest BCUT2D eigenvalue weighted by Gasteiger charge is 2.16. The van der Waals surface area contributed by atoms with E-state index in [2.05, 4.69) is 21.6 Å². The van der Waals surface area contributed by atoms with Gasteiger partial charge in [-0.15, -0.1) is 11.3 Å². The molecule has 0 amide bonds. The minimum atomic E-state index is -3.68. The number of nitrogens with one attached hydrogen (secondary N) is 2. The quantitative estimate of drug-likeness (QED) is 0.203. The standard InChI is InChI=1S/C25H25FN6O2S2/c1-18(28-13-5-14-30-36(33,34)21-10-8-20(26)9-11-21)29-15-12-22(27)24-23(19-6-3-2-4-7-19)31-25-32(24)16-17-35-25/h2-4,6-12,15-17,28,30H,1,5,13-14,27H2/b22-12-,29-15-. The van der Waals surface area contributed by atoms with E-state index in [1.807, 2.05) is 46.3 Å². The third kappa shape index (κ3) is 6.06. The molecule has 2 heterocycles. The van der Waals surface area contributed by atoms with Crippen LogP contribution in [-0.2, 0) is 10.0 Å². The topological polar surface area (TPSA) is 114 Å². The summed E-state index contributed by atoms with van der Waals surface area (Å²) in [6.07, 6.45) is 5.68. The fraction of sp³-hybridized carbons (Fsp3) is 0.120. The first kappa shape index (κ1) is 25.3. The van der Waals surface area contributed by atoms with Crippen LogP contribution in [0.1, 0.15) is 12.1 Å². The van der Waals surface area contributed by atoms with Gasteiger partial charge in [-0.1, -0.05) is 36.9 Å². The Balaban J connectivity index is 1.31. The number of halogens is 1. The highest BCUT2D eigenvalue weighted by atomic mass is 32.2. The van der Waals surface area contributed by atoms with Crippen LogP contribution in [0.25, 0.3) is 21.9 Å². The molecule has 0 atom stereocenters. The Morgan fingerprint density at radius 3 is 2.67 bits per heavy atom. The molecular weight excluding hydrogens is 499 g/mol. The van der Waals surface area contributed by atoms with Crippen LogP contribution in [0.15, 0.2) is 94.5 Å². The van der Waals surface area contributed by atoms with E-state index in [-0.39, 0.29) is 11.4 Å². The van der Waals surface area contributed by atoms with Crippen molar-refractivity contribution >= 4 is 38.2 Å². The van der Waals surface area contributed by atoms with Gasteiger partial charge in [-0.2, -0.15) is 0 Å². The van der Waals surface area contributed by atoms with Crippen LogP contribution in [0, 0.1) is 5.82 Å². The van der Waals surface area contributed by atoms with Gasteiger partial charge in [0.05, 0.1) is 22.0 Å². The molecule has 11 heteroatoms. The molecule has 0 aliphatic carbocycles. The summed E-state index contributed by atoms with van der Waals surface area (Å²) in [5.41, 5.74) is 9.46. The van der Waals surface area contributed by atoms with E-state index >= 15 is 0 Å². The van der Waals surface area contributed by atoms with Gasteiger partial charge < -0.3 is 11.1 Å². The summed E-state index contributed by atoms with van der Waals surface area (Å²) in [6, 6.07) is 14.5. The van der Waals surface area contributed by atoms with E-state index in [4.69, 9.17) is 10.7 Å². The Kier molecular flexibility index (Phi) is 7.93. The molecule has 0 saturated carbocycles. The van der Waals surface area contributed by atoms with E-state index in [0.29, 0.717) is 24.5 Å². The average Bonchev–Trinajstić information content (AvgIpc) is 3.46. The Bertz CT molecular complexity index is 1510. The lowest BCUT2D eigenvalue weighted by atomic mass is 10.1. The van der Waals surface area contributed by atoms with Gasteiger partial charge in [-0.05, 0) is 36.8 Å². The molecule has 2 aromatic carbocycles. The van der Waals surface area contributed by atoms with Gasteiger partial charge >= 0.3 is 0 Å². The summed E-state index contributed by atoms with van der Waals surface area (Å²) in [7, 11) is -3.68. The van der Waals surface area contributed by atoms with E-state index < -0.39 is 15.8 Å². The van der Waals surface area contributed by atoms with E-state index in [1.54, 1.807) is 12.3 Å². The molecule has 4 aromatic rings. The van der Waals surface area contributed by atoms with Gasteiger partial charge in [-0.25, -0.2) is 27.5 Å². The molecule has 0 unspecified atom stereocenters. The largest absolute Gasteiger partial charge is 0.397 e. The summed E-state index contributed by atoms with van der Waals surface area (Å²) in [5.74, 6) is -0.0759. The first-order chi connectivity index (χ1) is 17.3. The number of benzene rings is 2. The highest BCUT2D eigenvalue weighted by molar-refractivity contribution is 7.89. The molecule has 0 radical (unpaired) electrons. The maximum atomic E-state index is 13.0. The fourth-order valence-electron chi connectivity index (χ4n) is 3.42. The van der Waals surface area contributed by atoms with Crippen molar-refractivity contribution in [1.29, 1.82) is 0 Å². The normalized spacial score (nSPS) is 12.4.